The van der Waals surface area contributed by atoms with Gasteiger partial charge in [-0.15, -0.1) is 0 Å². The molecular formula is C18H22N2O2. The van der Waals surface area contributed by atoms with Crippen LogP contribution in [-0.4, -0.2) is 24.0 Å². The van der Waals surface area contributed by atoms with Gasteiger partial charge in [0.1, 0.15) is 5.69 Å². The molecule has 1 fully saturated rings. The Morgan fingerprint density at radius 2 is 2.14 bits per heavy atom. The lowest BCUT2D eigenvalue weighted by atomic mass is 9.89. The number of carbonyl (C=O) groups is 1. The standard InChI is InChI=1S/C18H22N2O2/c1-13-6-8-14(9-7-13)17-15(4-3-11-22-17)12-20-18(21)16-5-2-10-19-16/h2,5-10,15,17,19H,3-4,11-12H2,1H3,(H,20,21)/t15-,17-/m1/s1. The molecule has 1 amide bonds. The van der Waals surface area contributed by atoms with Crippen molar-refractivity contribution in [3.8, 4) is 0 Å². The van der Waals surface area contributed by atoms with E-state index < -0.39 is 0 Å². The van der Waals surface area contributed by atoms with E-state index in [1.54, 1.807) is 12.3 Å². The summed E-state index contributed by atoms with van der Waals surface area (Å²) >= 11 is 0. The molecule has 0 spiro atoms. The fourth-order valence-electron chi connectivity index (χ4n) is 2.97. The Morgan fingerprint density at radius 1 is 1.32 bits per heavy atom. The summed E-state index contributed by atoms with van der Waals surface area (Å²) in [6.45, 7) is 3.51. The third kappa shape index (κ3) is 3.39. The van der Waals surface area contributed by atoms with Crippen LogP contribution in [0.4, 0.5) is 0 Å². The number of aromatic amines is 1. The zero-order valence-electron chi connectivity index (χ0n) is 12.8. The highest BCUT2D eigenvalue weighted by atomic mass is 16.5. The van der Waals surface area contributed by atoms with E-state index in [9.17, 15) is 4.79 Å². The highest BCUT2D eigenvalue weighted by Crippen LogP contribution is 2.33. The molecule has 116 valence electrons. The number of carbonyl (C=O) groups excluding carboxylic acids is 1. The minimum absolute atomic E-state index is 0.0572. The molecule has 2 N–H and O–H groups in total. The maximum absolute atomic E-state index is 12.1. The van der Waals surface area contributed by atoms with Gasteiger partial charge in [0, 0.05) is 25.3 Å². The van der Waals surface area contributed by atoms with Gasteiger partial charge in [0.15, 0.2) is 0 Å². The van der Waals surface area contributed by atoms with E-state index in [1.165, 1.54) is 11.1 Å². The fraction of sp³-hybridized carbons (Fsp3) is 0.389. The highest BCUT2D eigenvalue weighted by Gasteiger charge is 2.27. The molecule has 0 bridgehead atoms. The van der Waals surface area contributed by atoms with Crippen molar-refractivity contribution in [3.05, 3.63) is 59.4 Å². The summed E-state index contributed by atoms with van der Waals surface area (Å²) in [4.78, 5) is 15.0. The molecule has 1 aliphatic heterocycles. The summed E-state index contributed by atoms with van der Waals surface area (Å²) in [5, 5.41) is 3.02. The largest absolute Gasteiger partial charge is 0.373 e. The molecule has 2 atom stereocenters. The number of aryl methyl sites for hydroxylation is 1. The molecule has 4 heteroatoms. The number of rotatable bonds is 4. The zero-order chi connectivity index (χ0) is 15.4. The minimum atomic E-state index is -0.0572. The summed E-state index contributed by atoms with van der Waals surface area (Å²) in [5.41, 5.74) is 3.05. The summed E-state index contributed by atoms with van der Waals surface area (Å²) in [7, 11) is 0. The van der Waals surface area contributed by atoms with Crippen LogP contribution in [-0.2, 0) is 4.74 Å². The van der Waals surface area contributed by atoms with Crippen LogP contribution in [0.5, 0.6) is 0 Å². The number of ether oxygens (including phenoxy) is 1. The molecule has 0 radical (unpaired) electrons. The Morgan fingerprint density at radius 3 is 2.86 bits per heavy atom. The van der Waals surface area contributed by atoms with Gasteiger partial charge in [0.2, 0.25) is 0 Å². The molecule has 1 aliphatic rings. The average Bonchev–Trinajstić information content (AvgIpc) is 3.08. The number of benzene rings is 1. The number of hydrogen-bond acceptors (Lipinski definition) is 2. The zero-order valence-corrected chi connectivity index (χ0v) is 12.8. The monoisotopic (exact) mass is 298 g/mol. The summed E-state index contributed by atoms with van der Waals surface area (Å²) in [5.74, 6) is 0.258. The SMILES string of the molecule is Cc1ccc([C@H]2OCCC[C@@H]2CNC(=O)c2ccc[nH]2)cc1. The van der Waals surface area contributed by atoms with E-state index in [1.807, 2.05) is 6.07 Å². The third-order valence-electron chi connectivity index (χ3n) is 4.22. The van der Waals surface area contributed by atoms with E-state index in [0.29, 0.717) is 18.2 Å². The van der Waals surface area contributed by atoms with Crippen molar-refractivity contribution in [3.63, 3.8) is 0 Å². The molecule has 4 nitrogen and oxygen atoms in total. The van der Waals surface area contributed by atoms with Gasteiger partial charge in [-0.1, -0.05) is 29.8 Å². The van der Waals surface area contributed by atoms with Crippen molar-refractivity contribution in [1.82, 2.24) is 10.3 Å². The Labute approximate surface area is 130 Å². The smallest absolute Gasteiger partial charge is 0.267 e. The van der Waals surface area contributed by atoms with E-state index in [2.05, 4.69) is 41.5 Å². The molecule has 1 saturated heterocycles. The second-order valence-corrected chi connectivity index (χ2v) is 5.90. The van der Waals surface area contributed by atoms with Crippen molar-refractivity contribution in [2.24, 2.45) is 5.92 Å². The molecule has 0 unspecified atom stereocenters. The molecule has 0 saturated carbocycles. The molecule has 2 heterocycles. The fourth-order valence-corrected chi connectivity index (χ4v) is 2.97. The third-order valence-corrected chi connectivity index (χ3v) is 4.22. The number of hydrogen-bond donors (Lipinski definition) is 2. The predicted octanol–water partition coefficient (Wildman–Crippen LogP) is 3.22. The van der Waals surface area contributed by atoms with E-state index in [-0.39, 0.29) is 12.0 Å². The number of H-pyrrole nitrogens is 1. The lowest BCUT2D eigenvalue weighted by Gasteiger charge is -2.32. The molecule has 3 rings (SSSR count). The van der Waals surface area contributed by atoms with Gasteiger partial charge >= 0.3 is 0 Å². The highest BCUT2D eigenvalue weighted by molar-refractivity contribution is 5.92. The van der Waals surface area contributed by atoms with Crippen molar-refractivity contribution < 1.29 is 9.53 Å². The first-order valence-corrected chi connectivity index (χ1v) is 7.84. The average molecular weight is 298 g/mol. The summed E-state index contributed by atoms with van der Waals surface area (Å²) < 4.78 is 5.98. The van der Waals surface area contributed by atoms with Crippen LogP contribution < -0.4 is 5.32 Å². The van der Waals surface area contributed by atoms with Crippen molar-refractivity contribution >= 4 is 5.91 Å². The van der Waals surface area contributed by atoms with E-state index >= 15 is 0 Å². The number of aromatic nitrogens is 1. The van der Waals surface area contributed by atoms with Gasteiger partial charge in [-0.3, -0.25) is 4.79 Å². The Hall–Kier alpha value is -2.07. The topological polar surface area (TPSA) is 54.1 Å². The van der Waals surface area contributed by atoms with Gasteiger partial charge in [0.05, 0.1) is 6.10 Å². The van der Waals surface area contributed by atoms with Gasteiger partial charge < -0.3 is 15.0 Å². The Balaban J connectivity index is 1.65. The van der Waals surface area contributed by atoms with Crippen molar-refractivity contribution in [2.75, 3.05) is 13.2 Å². The number of nitrogens with one attached hydrogen (secondary N) is 2. The lowest BCUT2D eigenvalue weighted by molar-refractivity contribution is -0.0272. The van der Waals surface area contributed by atoms with Crippen LogP contribution >= 0.6 is 0 Å². The number of amides is 1. The first kappa shape index (κ1) is 14.9. The second kappa shape index (κ2) is 6.79. The van der Waals surface area contributed by atoms with E-state index in [0.717, 1.165) is 19.4 Å². The van der Waals surface area contributed by atoms with Gasteiger partial charge in [-0.25, -0.2) is 0 Å². The van der Waals surface area contributed by atoms with Gasteiger partial charge in [-0.2, -0.15) is 0 Å². The van der Waals surface area contributed by atoms with E-state index in [4.69, 9.17) is 4.74 Å². The predicted molar refractivity (Wildman–Crippen MR) is 85.7 cm³/mol. The molecule has 22 heavy (non-hydrogen) atoms. The molecule has 2 aromatic rings. The minimum Gasteiger partial charge on any atom is -0.373 e. The Bertz CT molecular complexity index is 605. The van der Waals surface area contributed by atoms with Crippen LogP contribution in [0.15, 0.2) is 42.6 Å². The van der Waals surface area contributed by atoms with Crippen LogP contribution in [0.2, 0.25) is 0 Å². The van der Waals surface area contributed by atoms with Crippen LogP contribution in [0.1, 0.15) is 40.6 Å². The van der Waals surface area contributed by atoms with Crippen molar-refractivity contribution in [1.29, 1.82) is 0 Å². The first-order valence-electron chi connectivity index (χ1n) is 7.84. The quantitative estimate of drug-likeness (QED) is 0.910. The Kier molecular flexibility index (Phi) is 4.59. The molecule has 0 aliphatic carbocycles. The second-order valence-electron chi connectivity index (χ2n) is 5.90. The normalized spacial score (nSPS) is 21.5. The molecular weight excluding hydrogens is 276 g/mol. The lowest BCUT2D eigenvalue weighted by Crippen LogP contribution is -2.35. The first-order chi connectivity index (χ1) is 10.7. The maximum atomic E-state index is 12.1. The van der Waals surface area contributed by atoms with Crippen molar-refractivity contribution in [2.45, 2.75) is 25.9 Å². The van der Waals surface area contributed by atoms with Gasteiger partial charge in [-0.05, 0) is 37.5 Å². The van der Waals surface area contributed by atoms with Crippen LogP contribution in [0.25, 0.3) is 0 Å². The van der Waals surface area contributed by atoms with Gasteiger partial charge in [0.25, 0.3) is 5.91 Å². The molecule has 1 aromatic carbocycles. The summed E-state index contributed by atoms with van der Waals surface area (Å²) in [6, 6.07) is 12.1. The molecule has 1 aromatic heterocycles. The van der Waals surface area contributed by atoms with Crippen LogP contribution in [0.3, 0.4) is 0 Å². The van der Waals surface area contributed by atoms with Crippen LogP contribution in [0, 0.1) is 12.8 Å². The maximum Gasteiger partial charge on any atom is 0.267 e. The summed E-state index contributed by atoms with van der Waals surface area (Å²) in [6.07, 6.45) is 3.95.